The number of carbonyl (C=O) groups excluding carboxylic acids is 1. The predicted molar refractivity (Wildman–Crippen MR) is 121 cm³/mol. The number of H-pyrrole nitrogens is 1. The van der Waals surface area contributed by atoms with E-state index in [1.807, 2.05) is 0 Å². The number of amides is 2. The first kappa shape index (κ1) is 22.9. The Morgan fingerprint density at radius 1 is 1.12 bits per heavy atom. The van der Waals surface area contributed by atoms with Crippen LogP contribution in [0, 0.1) is 0 Å². The van der Waals surface area contributed by atoms with E-state index in [0.717, 1.165) is 23.8 Å². The molecule has 0 radical (unpaired) electrons. The number of urea groups is 1. The van der Waals surface area contributed by atoms with E-state index >= 15 is 0 Å². The number of imidazole rings is 1. The number of ether oxygens (including phenoxy) is 1. The molecule has 8 nitrogen and oxygen atoms in total. The van der Waals surface area contributed by atoms with Gasteiger partial charge in [0.1, 0.15) is 17.1 Å². The van der Waals surface area contributed by atoms with Crippen LogP contribution in [0.15, 0.2) is 59.5 Å². The number of rotatable bonds is 5. The number of methoxy groups -OCH3 is 1. The van der Waals surface area contributed by atoms with Gasteiger partial charge in [0, 0.05) is 25.4 Å². The average Bonchev–Trinajstić information content (AvgIpc) is 3.10. The molecule has 2 amide bonds. The van der Waals surface area contributed by atoms with Crippen molar-refractivity contribution in [1.82, 2.24) is 14.5 Å². The first-order chi connectivity index (χ1) is 16.2. The smallest absolute Gasteiger partial charge is 0.416 e. The summed E-state index contributed by atoms with van der Waals surface area (Å²) in [5, 5.41) is 4.96. The molecular formula is C23H20F3N5O3. The van der Waals surface area contributed by atoms with Gasteiger partial charge in [0.15, 0.2) is 0 Å². The summed E-state index contributed by atoms with van der Waals surface area (Å²) in [4.78, 5) is 31.5. The number of alkyl halides is 3. The number of hydrogen-bond donors (Lipinski definition) is 3. The summed E-state index contributed by atoms with van der Waals surface area (Å²) < 4.78 is 45.8. The molecule has 34 heavy (non-hydrogen) atoms. The van der Waals surface area contributed by atoms with Crippen molar-refractivity contribution in [2.24, 2.45) is 7.05 Å². The van der Waals surface area contributed by atoms with Crippen LogP contribution in [0.25, 0.3) is 11.0 Å². The Bertz CT molecular complexity index is 1410. The minimum absolute atomic E-state index is 0.0970. The molecule has 176 valence electrons. The molecule has 4 aromatic rings. The molecule has 0 bridgehead atoms. The largest absolute Gasteiger partial charge is 0.495 e. The van der Waals surface area contributed by atoms with Crippen molar-refractivity contribution < 1.29 is 22.7 Å². The Morgan fingerprint density at radius 3 is 2.50 bits per heavy atom. The van der Waals surface area contributed by atoms with E-state index in [-0.39, 0.29) is 17.0 Å². The molecule has 4 rings (SSSR count). The maximum atomic E-state index is 13.0. The number of nitrogens with zero attached hydrogens (tertiary/aromatic N) is 2. The van der Waals surface area contributed by atoms with Gasteiger partial charge in [-0.05, 0) is 42.0 Å². The third kappa shape index (κ3) is 4.72. The third-order valence-corrected chi connectivity index (χ3v) is 5.23. The number of halogens is 3. The normalized spacial score (nSPS) is 11.4. The molecule has 0 aliphatic rings. The van der Waals surface area contributed by atoms with Gasteiger partial charge in [-0.2, -0.15) is 13.2 Å². The molecule has 0 spiro atoms. The van der Waals surface area contributed by atoms with Crippen LogP contribution in [-0.4, -0.2) is 27.7 Å². The van der Waals surface area contributed by atoms with Crippen molar-refractivity contribution in [3.05, 3.63) is 82.0 Å². The van der Waals surface area contributed by atoms with E-state index in [4.69, 9.17) is 4.74 Å². The number of fused-ring (bicyclic) bond motifs is 1. The maximum absolute atomic E-state index is 13.0. The van der Waals surface area contributed by atoms with E-state index in [1.165, 1.54) is 7.11 Å². The summed E-state index contributed by atoms with van der Waals surface area (Å²) in [5.41, 5.74) is 1.18. The summed E-state index contributed by atoms with van der Waals surface area (Å²) in [6, 6.07) is 10.7. The van der Waals surface area contributed by atoms with Crippen molar-refractivity contribution in [3.8, 4) is 5.75 Å². The summed E-state index contributed by atoms with van der Waals surface area (Å²) in [5.74, 6) is 0.793. The van der Waals surface area contributed by atoms with Gasteiger partial charge in [0.05, 0.1) is 23.9 Å². The quantitative estimate of drug-likeness (QED) is 0.398. The Hall–Kier alpha value is -4.28. The highest BCUT2D eigenvalue weighted by Crippen LogP contribution is 2.35. The second-order valence-electron chi connectivity index (χ2n) is 7.49. The minimum Gasteiger partial charge on any atom is -0.495 e. The van der Waals surface area contributed by atoms with Crippen molar-refractivity contribution in [2.75, 3.05) is 17.7 Å². The van der Waals surface area contributed by atoms with Gasteiger partial charge < -0.3 is 24.9 Å². The second-order valence-corrected chi connectivity index (χ2v) is 7.49. The molecule has 0 aliphatic heterocycles. The Kier molecular flexibility index (Phi) is 6.01. The molecule has 0 fully saturated rings. The number of aromatic nitrogens is 3. The van der Waals surface area contributed by atoms with Crippen LogP contribution in [-0.2, 0) is 19.6 Å². The highest BCUT2D eigenvalue weighted by atomic mass is 19.4. The van der Waals surface area contributed by atoms with Crippen LogP contribution in [0.3, 0.4) is 0 Å². The molecule has 2 heterocycles. The van der Waals surface area contributed by atoms with Crippen molar-refractivity contribution in [1.29, 1.82) is 0 Å². The monoisotopic (exact) mass is 471 g/mol. The fraction of sp³-hybridized carbons (Fsp3) is 0.174. The van der Waals surface area contributed by atoms with Crippen molar-refractivity contribution in [3.63, 3.8) is 0 Å². The lowest BCUT2D eigenvalue weighted by atomic mass is 10.1. The van der Waals surface area contributed by atoms with Gasteiger partial charge in [0.25, 0.3) is 5.56 Å². The maximum Gasteiger partial charge on any atom is 0.416 e. The van der Waals surface area contributed by atoms with Crippen molar-refractivity contribution >= 4 is 28.4 Å². The van der Waals surface area contributed by atoms with Crippen molar-refractivity contribution in [2.45, 2.75) is 12.6 Å². The van der Waals surface area contributed by atoms with Crippen LogP contribution >= 0.6 is 0 Å². The average molecular weight is 471 g/mol. The van der Waals surface area contributed by atoms with Gasteiger partial charge in [0.2, 0.25) is 0 Å². The van der Waals surface area contributed by atoms with E-state index in [9.17, 15) is 22.8 Å². The lowest BCUT2D eigenvalue weighted by molar-refractivity contribution is -0.137. The van der Waals surface area contributed by atoms with Gasteiger partial charge in [-0.3, -0.25) is 4.79 Å². The molecule has 11 heteroatoms. The fourth-order valence-corrected chi connectivity index (χ4v) is 3.53. The number of nitrogens with one attached hydrogen (secondary N) is 3. The fourth-order valence-electron chi connectivity index (χ4n) is 3.53. The third-order valence-electron chi connectivity index (χ3n) is 5.23. The van der Waals surface area contributed by atoms with Crippen LogP contribution < -0.4 is 20.9 Å². The number of aryl methyl sites for hydroxylation is 1. The molecule has 0 saturated carbocycles. The predicted octanol–water partition coefficient (Wildman–Crippen LogP) is 4.52. The molecule has 0 atom stereocenters. The summed E-state index contributed by atoms with van der Waals surface area (Å²) in [7, 11) is 3.06. The Labute approximate surface area is 191 Å². The number of carbonyl (C=O) groups is 1. The van der Waals surface area contributed by atoms with Crippen LogP contribution in [0.5, 0.6) is 5.75 Å². The summed E-state index contributed by atoms with van der Waals surface area (Å²) >= 11 is 0. The summed E-state index contributed by atoms with van der Waals surface area (Å²) in [6.45, 7) is 0. The topological polar surface area (TPSA) is 101 Å². The molecule has 2 aromatic heterocycles. The van der Waals surface area contributed by atoms with Gasteiger partial charge in [-0.1, -0.05) is 12.1 Å². The van der Waals surface area contributed by atoms with Crippen LogP contribution in [0.4, 0.5) is 29.3 Å². The lowest BCUT2D eigenvalue weighted by Gasteiger charge is -2.14. The number of pyridine rings is 1. The zero-order valence-electron chi connectivity index (χ0n) is 18.2. The number of benzene rings is 2. The Morgan fingerprint density at radius 2 is 1.85 bits per heavy atom. The van der Waals surface area contributed by atoms with E-state index in [0.29, 0.717) is 29.0 Å². The number of anilines is 2. The van der Waals surface area contributed by atoms with Gasteiger partial charge in [-0.25, -0.2) is 9.78 Å². The van der Waals surface area contributed by atoms with Gasteiger partial charge >= 0.3 is 12.2 Å². The Balaban J connectivity index is 1.45. The highest BCUT2D eigenvalue weighted by molar-refractivity contribution is 6.00. The molecular weight excluding hydrogens is 451 g/mol. The van der Waals surface area contributed by atoms with Crippen LogP contribution in [0.1, 0.15) is 17.0 Å². The van der Waals surface area contributed by atoms with E-state index < -0.39 is 17.8 Å². The first-order valence-corrected chi connectivity index (χ1v) is 10.1. The highest BCUT2D eigenvalue weighted by Gasteiger charge is 2.31. The zero-order chi connectivity index (χ0) is 24.5. The van der Waals surface area contributed by atoms with E-state index in [2.05, 4.69) is 20.6 Å². The van der Waals surface area contributed by atoms with Gasteiger partial charge in [-0.15, -0.1) is 0 Å². The minimum atomic E-state index is -4.55. The molecule has 2 aromatic carbocycles. The molecule has 0 saturated heterocycles. The zero-order valence-corrected chi connectivity index (χ0v) is 18.2. The lowest BCUT2D eigenvalue weighted by Crippen LogP contribution is -2.20. The van der Waals surface area contributed by atoms with Crippen LogP contribution in [0.2, 0.25) is 0 Å². The SMILES string of the molecule is COc1ccc(C(F)(F)F)cc1NC(=O)Nc1ccc(Cc2nc3cc[nH]c(=O)c3n2C)cc1. The first-order valence-electron chi connectivity index (χ1n) is 10.1. The molecule has 0 aliphatic carbocycles. The molecule has 3 N–H and O–H groups in total. The number of aromatic amines is 1. The standard InChI is InChI=1S/C23H20F3N5O3/c1-31-19(29-16-9-10-27-21(32)20(16)31)11-13-3-6-15(7-4-13)28-22(33)30-17-12-14(23(24,25)26)5-8-18(17)34-2/h3-10,12H,11H2,1-2H3,(H,27,32)(H2,28,30,33). The second kappa shape index (κ2) is 8.93. The molecule has 0 unspecified atom stereocenters. The summed E-state index contributed by atoms with van der Waals surface area (Å²) in [6.07, 6.45) is -2.55. The number of hydrogen-bond acceptors (Lipinski definition) is 4. The van der Waals surface area contributed by atoms with E-state index in [1.54, 1.807) is 48.1 Å².